The quantitative estimate of drug-likeness (QED) is 0.836. The molecule has 106 valence electrons. The molecular formula is C12H20N4O2S. The highest BCUT2D eigenvalue weighted by Gasteiger charge is 2.38. The van der Waals surface area contributed by atoms with E-state index in [1.807, 2.05) is 14.0 Å². The van der Waals surface area contributed by atoms with Crippen LogP contribution in [-0.2, 0) is 17.1 Å². The van der Waals surface area contributed by atoms with Crippen molar-refractivity contribution in [2.45, 2.75) is 30.8 Å². The van der Waals surface area contributed by atoms with Gasteiger partial charge in [0.15, 0.2) is 5.03 Å². The Labute approximate surface area is 113 Å². The maximum atomic E-state index is 12.6. The molecule has 0 aliphatic carbocycles. The van der Waals surface area contributed by atoms with Crippen LogP contribution in [0.5, 0.6) is 0 Å². The van der Waals surface area contributed by atoms with Crippen molar-refractivity contribution in [1.82, 2.24) is 19.2 Å². The van der Waals surface area contributed by atoms with Crippen molar-refractivity contribution >= 4 is 10.0 Å². The van der Waals surface area contributed by atoms with Crippen molar-refractivity contribution < 1.29 is 8.42 Å². The molecule has 1 aromatic rings. The summed E-state index contributed by atoms with van der Waals surface area (Å²) in [7, 11) is -1.61. The summed E-state index contributed by atoms with van der Waals surface area (Å²) in [5, 5.41) is 3.62. The molecule has 1 aromatic heterocycles. The summed E-state index contributed by atoms with van der Waals surface area (Å²) in [6.07, 6.45) is 3.57. The number of aryl methyl sites for hydroxylation is 2. The normalized spacial score (nSPS) is 28.5. The van der Waals surface area contributed by atoms with Gasteiger partial charge in [-0.3, -0.25) is 0 Å². The fourth-order valence-electron chi connectivity index (χ4n) is 3.02. The number of piperidine rings is 1. The van der Waals surface area contributed by atoms with Crippen LogP contribution in [0.25, 0.3) is 0 Å². The van der Waals surface area contributed by atoms with Crippen LogP contribution < -0.4 is 5.32 Å². The number of hydrogen-bond donors (Lipinski definition) is 1. The second-order valence-corrected chi connectivity index (χ2v) is 7.38. The van der Waals surface area contributed by atoms with Crippen molar-refractivity contribution in [2.75, 3.05) is 19.6 Å². The number of aromatic nitrogens is 2. The average molecular weight is 284 g/mol. The molecule has 0 bridgehead atoms. The minimum Gasteiger partial charge on any atom is -0.337 e. The molecule has 2 aliphatic rings. The number of rotatable bonds is 2. The standard InChI is InChI=1S/C12H20N4O2S/c1-9-14-12(8-15(9)2)19(17,18)16-6-4-11-10(7-16)3-5-13-11/h8,10-11,13H,3-7H2,1-2H3. The van der Waals surface area contributed by atoms with Crippen molar-refractivity contribution in [3.05, 3.63) is 12.0 Å². The van der Waals surface area contributed by atoms with Crippen LogP contribution in [-0.4, -0.2) is 48.0 Å². The van der Waals surface area contributed by atoms with Crippen molar-refractivity contribution in [1.29, 1.82) is 0 Å². The van der Waals surface area contributed by atoms with Crippen molar-refractivity contribution in [3.8, 4) is 0 Å². The Hall–Kier alpha value is -0.920. The van der Waals surface area contributed by atoms with Crippen molar-refractivity contribution in [2.24, 2.45) is 13.0 Å². The van der Waals surface area contributed by atoms with E-state index in [2.05, 4.69) is 10.3 Å². The Balaban J connectivity index is 1.84. The zero-order valence-corrected chi connectivity index (χ0v) is 12.2. The van der Waals surface area contributed by atoms with Crippen molar-refractivity contribution in [3.63, 3.8) is 0 Å². The van der Waals surface area contributed by atoms with Gasteiger partial charge in [0.25, 0.3) is 10.0 Å². The van der Waals surface area contributed by atoms with Crippen LogP contribution in [0.15, 0.2) is 11.2 Å². The molecule has 0 spiro atoms. The van der Waals surface area contributed by atoms with Gasteiger partial charge in [0.2, 0.25) is 0 Å². The summed E-state index contributed by atoms with van der Waals surface area (Å²) in [6.45, 7) is 4.03. The second-order valence-electron chi connectivity index (χ2n) is 5.50. The van der Waals surface area contributed by atoms with E-state index in [0.717, 1.165) is 25.2 Å². The Morgan fingerprint density at radius 1 is 1.42 bits per heavy atom. The first-order valence-electron chi connectivity index (χ1n) is 6.72. The van der Waals surface area contributed by atoms with E-state index < -0.39 is 10.0 Å². The number of imidazole rings is 1. The summed E-state index contributed by atoms with van der Waals surface area (Å²) in [4.78, 5) is 4.16. The van der Waals surface area contributed by atoms with E-state index in [4.69, 9.17) is 0 Å². The molecule has 3 rings (SSSR count). The van der Waals surface area contributed by atoms with Gasteiger partial charge in [0.1, 0.15) is 5.82 Å². The molecule has 2 saturated heterocycles. The molecule has 2 unspecified atom stereocenters. The van der Waals surface area contributed by atoms with Gasteiger partial charge in [-0.05, 0) is 32.2 Å². The van der Waals surface area contributed by atoms with Crippen LogP contribution >= 0.6 is 0 Å². The summed E-state index contributed by atoms with van der Waals surface area (Å²) < 4.78 is 28.5. The first-order valence-corrected chi connectivity index (χ1v) is 8.16. The average Bonchev–Trinajstić information content (AvgIpc) is 2.96. The van der Waals surface area contributed by atoms with Gasteiger partial charge < -0.3 is 9.88 Å². The van der Waals surface area contributed by atoms with E-state index in [1.165, 1.54) is 0 Å². The molecule has 0 radical (unpaired) electrons. The Morgan fingerprint density at radius 3 is 2.89 bits per heavy atom. The minimum atomic E-state index is -3.43. The summed E-state index contributed by atoms with van der Waals surface area (Å²) in [6, 6.07) is 0.497. The zero-order chi connectivity index (χ0) is 13.6. The van der Waals surface area contributed by atoms with E-state index >= 15 is 0 Å². The highest BCUT2D eigenvalue weighted by molar-refractivity contribution is 7.89. The van der Waals surface area contributed by atoms with Gasteiger partial charge >= 0.3 is 0 Å². The number of nitrogens with zero attached hydrogens (tertiary/aromatic N) is 3. The van der Waals surface area contributed by atoms with Gasteiger partial charge in [-0.15, -0.1) is 0 Å². The molecule has 0 saturated carbocycles. The lowest BCUT2D eigenvalue weighted by atomic mass is 9.95. The van der Waals surface area contributed by atoms with Gasteiger partial charge in [-0.1, -0.05) is 0 Å². The van der Waals surface area contributed by atoms with Crippen LogP contribution in [0.2, 0.25) is 0 Å². The first kappa shape index (κ1) is 13.1. The lowest BCUT2D eigenvalue weighted by Crippen LogP contribution is -2.46. The number of sulfonamides is 1. The van der Waals surface area contributed by atoms with Gasteiger partial charge in [0, 0.05) is 32.4 Å². The van der Waals surface area contributed by atoms with Crippen LogP contribution in [0, 0.1) is 12.8 Å². The van der Waals surface area contributed by atoms with Gasteiger partial charge in [0.05, 0.1) is 0 Å². The van der Waals surface area contributed by atoms with Crippen LogP contribution in [0.3, 0.4) is 0 Å². The molecule has 1 N–H and O–H groups in total. The van der Waals surface area contributed by atoms with E-state index in [-0.39, 0.29) is 5.03 Å². The minimum absolute atomic E-state index is 0.178. The fraction of sp³-hybridized carbons (Fsp3) is 0.750. The molecule has 2 fully saturated rings. The van der Waals surface area contributed by atoms with Gasteiger partial charge in [-0.25, -0.2) is 13.4 Å². The molecule has 2 atom stereocenters. The summed E-state index contributed by atoms with van der Waals surface area (Å²) >= 11 is 0. The van der Waals surface area contributed by atoms with E-state index in [9.17, 15) is 8.42 Å². The molecular weight excluding hydrogens is 264 g/mol. The first-order chi connectivity index (χ1) is 8.98. The maximum absolute atomic E-state index is 12.6. The van der Waals surface area contributed by atoms with E-state index in [0.29, 0.717) is 25.0 Å². The molecule has 0 amide bonds. The summed E-state index contributed by atoms with van der Waals surface area (Å²) in [5.74, 6) is 1.17. The third-order valence-electron chi connectivity index (χ3n) is 4.31. The number of nitrogens with one attached hydrogen (secondary N) is 1. The molecule has 19 heavy (non-hydrogen) atoms. The zero-order valence-electron chi connectivity index (χ0n) is 11.3. The third-order valence-corrected chi connectivity index (χ3v) is 6.05. The lowest BCUT2D eigenvalue weighted by molar-refractivity contribution is 0.246. The molecule has 0 aromatic carbocycles. The SMILES string of the molecule is Cc1nc(S(=O)(=O)N2CCC3NCCC3C2)cn1C. The third kappa shape index (κ3) is 2.19. The molecule has 3 heterocycles. The fourth-order valence-corrected chi connectivity index (χ4v) is 4.55. The maximum Gasteiger partial charge on any atom is 0.262 e. The Bertz CT molecular complexity index is 561. The Morgan fingerprint density at radius 2 is 2.21 bits per heavy atom. The lowest BCUT2D eigenvalue weighted by Gasteiger charge is -2.33. The number of fused-ring (bicyclic) bond motifs is 1. The topological polar surface area (TPSA) is 67.2 Å². The smallest absolute Gasteiger partial charge is 0.262 e. The summed E-state index contributed by atoms with van der Waals surface area (Å²) in [5.41, 5.74) is 0. The molecule has 6 nitrogen and oxygen atoms in total. The van der Waals surface area contributed by atoms with Crippen LogP contribution in [0.1, 0.15) is 18.7 Å². The predicted molar refractivity (Wildman–Crippen MR) is 71.2 cm³/mol. The molecule has 2 aliphatic heterocycles. The van der Waals surface area contributed by atoms with Crippen LogP contribution in [0.4, 0.5) is 0 Å². The predicted octanol–water partition coefficient (Wildman–Crippen LogP) is 0.101. The monoisotopic (exact) mass is 284 g/mol. The second kappa shape index (κ2) is 4.57. The highest BCUT2D eigenvalue weighted by Crippen LogP contribution is 2.28. The number of hydrogen-bond acceptors (Lipinski definition) is 4. The largest absolute Gasteiger partial charge is 0.337 e. The molecule has 7 heteroatoms. The highest BCUT2D eigenvalue weighted by atomic mass is 32.2. The Kier molecular flexibility index (Phi) is 3.15. The van der Waals surface area contributed by atoms with Gasteiger partial charge in [-0.2, -0.15) is 4.31 Å². The van der Waals surface area contributed by atoms with E-state index in [1.54, 1.807) is 15.1 Å².